The number of benzene rings is 1. The fourth-order valence-corrected chi connectivity index (χ4v) is 6.80. The molecule has 2 aromatic heterocycles. The predicted molar refractivity (Wildman–Crippen MR) is 151 cm³/mol. The zero-order valence-electron chi connectivity index (χ0n) is 22.7. The summed E-state index contributed by atoms with van der Waals surface area (Å²) in [5, 5.41) is 18.4. The maximum Gasteiger partial charge on any atom is 0.269 e. The highest BCUT2D eigenvalue weighted by Gasteiger charge is 2.36. The van der Waals surface area contributed by atoms with Gasteiger partial charge < -0.3 is 15.3 Å². The molecular formula is C28H35N7O3S. The molecule has 3 aliphatic heterocycles. The zero-order chi connectivity index (χ0) is 27.5. The van der Waals surface area contributed by atoms with Crippen molar-refractivity contribution in [2.75, 3.05) is 23.8 Å². The van der Waals surface area contributed by atoms with Crippen molar-refractivity contribution in [2.45, 2.75) is 70.9 Å². The largest absolute Gasteiger partial charge is 0.392 e. The minimum Gasteiger partial charge on any atom is -0.392 e. The zero-order valence-corrected chi connectivity index (χ0v) is 23.6. The lowest BCUT2D eigenvalue weighted by atomic mass is 9.92. The van der Waals surface area contributed by atoms with Crippen molar-refractivity contribution in [3.8, 4) is 0 Å². The molecule has 2 atom stereocenters. The highest BCUT2D eigenvalue weighted by molar-refractivity contribution is 7.14. The van der Waals surface area contributed by atoms with E-state index in [1.165, 1.54) is 4.88 Å². The van der Waals surface area contributed by atoms with Gasteiger partial charge in [0.25, 0.3) is 11.8 Å². The molecule has 2 amide bonds. The van der Waals surface area contributed by atoms with Crippen LogP contribution in [0.4, 0.5) is 11.5 Å². The Balaban J connectivity index is 1.23. The number of hydrazine groups is 1. The second-order valence-corrected chi connectivity index (χ2v) is 12.8. The van der Waals surface area contributed by atoms with Crippen LogP contribution in [-0.2, 0) is 36.5 Å². The SMILES string of the molecule is CN1CCn2nc(NC3CC(c4cccc(N5Cc6cc(C(C)(C)C)sc6C5=O)c4CO)NNC3=O)cc2C1. The summed E-state index contributed by atoms with van der Waals surface area (Å²) in [5.41, 5.74) is 10.3. The lowest BCUT2D eigenvalue weighted by molar-refractivity contribution is -0.125. The highest BCUT2D eigenvalue weighted by Crippen LogP contribution is 2.41. The van der Waals surface area contributed by atoms with Crippen molar-refractivity contribution in [1.82, 2.24) is 25.5 Å². The minimum absolute atomic E-state index is 0.00972. The quantitative estimate of drug-likeness (QED) is 0.387. The standard InChI is InChI=1S/C28H35N7O3S/c1-28(2,3)23-10-16-13-34(27(38)25(16)39-23)22-7-5-6-18(19(22)15-36)20-12-21(26(37)31-30-20)29-24-11-17-14-33(4)8-9-35(17)32-24/h5-7,10-11,20-21,30,36H,8-9,12-15H2,1-4H3,(H,29,32)(H,31,37). The fourth-order valence-electron chi connectivity index (χ4n) is 5.62. The molecule has 3 aliphatic rings. The second kappa shape index (κ2) is 9.74. The maximum absolute atomic E-state index is 13.5. The molecule has 1 fully saturated rings. The summed E-state index contributed by atoms with van der Waals surface area (Å²) in [7, 11) is 2.08. The van der Waals surface area contributed by atoms with E-state index < -0.39 is 6.04 Å². The van der Waals surface area contributed by atoms with Gasteiger partial charge in [0.2, 0.25) is 0 Å². The third kappa shape index (κ3) is 4.73. The van der Waals surface area contributed by atoms with Gasteiger partial charge in [0.1, 0.15) is 11.9 Å². The summed E-state index contributed by atoms with van der Waals surface area (Å²) in [4.78, 5) is 32.2. The van der Waals surface area contributed by atoms with Gasteiger partial charge in [-0.2, -0.15) is 5.10 Å². The summed E-state index contributed by atoms with van der Waals surface area (Å²) >= 11 is 1.56. The van der Waals surface area contributed by atoms with E-state index in [9.17, 15) is 14.7 Å². The molecule has 1 saturated heterocycles. The van der Waals surface area contributed by atoms with E-state index in [1.807, 2.05) is 28.9 Å². The number of hydrogen-bond acceptors (Lipinski definition) is 8. The summed E-state index contributed by atoms with van der Waals surface area (Å²) < 4.78 is 1.99. The molecular weight excluding hydrogens is 514 g/mol. The van der Waals surface area contributed by atoms with Gasteiger partial charge in [0.15, 0.2) is 0 Å². The van der Waals surface area contributed by atoms with Crippen LogP contribution in [0.2, 0.25) is 0 Å². The molecule has 2 unspecified atom stereocenters. The first-order valence-corrected chi connectivity index (χ1v) is 14.2. The number of anilines is 2. The molecule has 39 heavy (non-hydrogen) atoms. The van der Waals surface area contributed by atoms with Crippen LogP contribution in [0.5, 0.6) is 0 Å². The Hall–Kier alpha value is -3.25. The lowest BCUT2D eigenvalue weighted by Gasteiger charge is -2.33. The van der Waals surface area contributed by atoms with Gasteiger partial charge in [0, 0.05) is 29.6 Å². The Morgan fingerprint density at radius 2 is 2.00 bits per heavy atom. The molecule has 4 N–H and O–H groups in total. The molecule has 3 aromatic rings. The average molecular weight is 550 g/mol. The molecule has 206 valence electrons. The number of likely N-dealkylation sites (N-methyl/N-ethyl adjacent to an activating group) is 1. The van der Waals surface area contributed by atoms with Gasteiger partial charge in [0.05, 0.1) is 42.0 Å². The van der Waals surface area contributed by atoms with Gasteiger partial charge in [-0.15, -0.1) is 11.3 Å². The molecule has 0 bridgehead atoms. The number of amides is 2. The number of carbonyl (C=O) groups excluding carboxylic acids is 2. The van der Waals surface area contributed by atoms with E-state index in [4.69, 9.17) is 0 Å². The van der Waals surface area contributed by atoms with Crippen LogP contribution in [-0.4, -0.2) is 51.2 Å². The van der Waals surface area contributed by atoms with Gasteiger partial charge in [-0.25, -0.2) is 5.43 Å². The van der Waals surface area contributed by atoms with Crippen molar-refractivity contribution in [2.24, 2.45) is 0 Å². The van der Waals surface area contributed by atoms with E-state index in [0.717, 1.165) is 41.3 Å². The number of hydrogen-bond donors (Lipinski definition) is 4. The van der Waals surface area contributed by atoms with Crippen LogP contribution >= 0.6 is 11.3 Å². The Morgan fingerprint density at radius 3 is 2.74 bits per heavy atom. The van der Waals surface area contributed by atoms with Gasteiger partial charge in [-0.05, 0) is 42.1 Å². The summed E-state index contributed by atoms with van der Waals surface area (Å²) in [6.07, 6.45) is 0.459. The molecule has 11 heteroatoms. The maximum atomic E-state index is 13.5. The number of aliphatic hydroxyl groups is 1. The summed E-state index contributed by atoms with van der Waals surface area (Å²) in [5.74, 6) is 0.488. The van der Waals surface area contributed by atoms with Crippen LogP contribution in [0.3, 0.4) is 0 Å². The molecule has 0 aliphatic carbocycles. The van der Waals surface area contributed by atoms with E-state index in [0.29, 0.717) is 30.0 Å². The normalized spacial score (nSPS) is 21.6. The Labute approximate surface area is 232 Å². The average Bonchev–Trinajstić information content (AvgIpc) is 3.58. The molecule has 0 spiro atoms. The smallest absolute Gasteiger partial charge is 0.269 e. The molecule has 10 nitrogen and oxygen atoms in total. The minimum atomic E-state index is -0.502. The number of thiophene rings is 1. The molecule has 0 radical (unpaired) electrons. The number of rotatable bonds is 5. The number of fused-ring (bicyclic) bond motifs is 2. The molecule has 5 heterocycles. The third-order valence-electron chi connectivity index (χ3n) is 7.80. The van der Waals surface area contributed by atoms with Gasteiger partial charge >= 0.3 is 0 Å². The van der Waals surface area contributed by atoms with Crippen LogP contribution in [0.25, 0.3) is 0 Å². The lowest BCUT2D eigenvalue weighted by Crippen LogP contribution is -2.54. The predicted octanol–water partition coefficient (Wildman–Crippen LogP) is 2.89. The number of aliphatic hydroxyl groups excluding tert-OH is 1. The second-order valence-electron chi connectivity index (χ2n) is 11.7. The van der Waals surface area contributed by atoms with Crippen molar-refractivity contribution in [3.05, 3.63) is 62.5 Å². The summed E-state index contributed by atoms with van der Waals surface area (Å²) in [6, 6.07) is 9.12. The van der Waals surface area contributed by atoms with Gasteiger partial charge in [-0.1, -0.05) is 32.9 Å². The molecule has 6 rings (SSSR count). The highest BCUT2D eigenvalue weighted by atomic mass is 32.1. The van der Waals surface area contributed by atoms with Crippen LogP contribution in [0.1, 0.15) is 70.2 Å². The van der Waals surface area contributed by atoms with Crippen molar-refractivity contribution in [1.29, 1.82) is 0 Å². The molecule has 1 aromatic carbocycles. The first kappa shape index (κ1) is 26.0. The summed E-state index contributed by atoms with van der Waals surface area (Å²) in [6.45, 7) is 9.30. The van der Waals surface area contributed by atoms with Crippen molar-refractivity contribution >= 4 is 34.7 Å². The number of nitrogens with zero attached hydrogens (tertiary/aromatic N) is 4. The van der Waals surface area contributed by atoms with Crippen LogP contribution in [0, 0.1) is 0 Å². The topological polar surface area (TPSA) is 115 Å². The third-order valence-corrected chi connectivity index (χ3v) is 9.39. The van der Waals surface area contributed by atoms with Crippen LogP contribution in [0.15, 0.2) is 30.3 Å². The first-order valence-electron chi connectivity index (χ1n) is 13.4. The Morgan fingerprint density at radius 1 is 1.18 bits per heavy atom. The fraction of sp³-hybridized carbons (Fsp3) is 0.464. The van der Waals surface area contributed by atoms with Crippen LogP contribution < -0.4 is 21.1 Å². The Bertz CT molecular complexity index is 1440. The van der Waals surface area contributed by atoms with Crippen molar-refractivity contribution < 1.29 is 14.7 Å². The van der Waals surface area contributed by atoms with E-state index in [-0.39, 0.29) is 29.9 Å². The van der Waals surface area contributed by atoms with Gasteiger partial charge in [-0.3, -0.25) is 24.6 Å². The van der Waals surface area contributed by atoms with E-state index >= 15 is 0 Å². The molecule has 0 saturated carbocycles. The first-order chi connectivity index (χ1) is 18.6. The number of nitrogens with one attached hydrogen (secondary N) is 3. The van der Waals surface area contributed by atoms with E-state index in [1.54, 1.807) is 16.2 Å². The van der Waals surface area contributed by atoms with E-state index in [2.05, 4.69) is 60.1 Å². The van der Waals surface area contributed by atoms with Crippen molar-refractivity contribution in [3.63, 3.8) is 0 Å². The monoisotopic (exact) mass is 549 g/mol. The number of aromatic nitrogens is 2. The number of carbonyl (C=O) groups is 2. The Kier molecular flexibility index (Phi) is 6.49.